The first kappa shape index (κ1) is 24.4. The Balaban J connectivity index is 0.00000300. The van der Waals surface area contributed by atoms with E-state index >= 15 is 0 Å². The fraction of sp³-hybridized carbons (Fsp3) is 0.714. The molecule has 0 amide bonds. The van der Waals surface area contributed by atoms with Crippen LogP contribution in [0.4, 0.5) is 0 Å². The number of guanidine groups is 1. The van der Waals surface area contributed by atoms with Gasteiger partial charge in [0.2, 0.25) is 0 Å². The number of hydrogen-bond acceptors (Lipinski definition) is 5. The maximum absolute atomic E-state index is 12.1. The second kappa shape index (κ2) is 12.7. The van der Waals surface area contributed by atoms with E-state index < -0.39 is 0 Å². The highest BCUT2D eigenvalue weighted by Gasteiger charge is 2.29. The van der Waals surface area contributed by atoms with Crippen molar-refractivity contribution in [3.8, 4) is 0 Å². The van der Waals surface area contributed by atoms with Crippen LogP contribution < -0.4 is 5.32 Å². The number of rotatable bonds is 6. The maximum atomic E-state index is 12.1. The lowest BCUT2D eigenvalue weighted by Crippen LogP contribution is -2.50. The first-order chi connectivity index (χ1) is 13.7. The molecule has 0 bridgehead atoms. The van der Waals surface area contributed by atoms with Crippen LogP contribution in [0.3, 0.4) is 0 Å². The summed E-state index contributed by atoms with van der Waals surface area (Å²) >= 11 is 1.84. The molecule has 3 rings (SSSR count). The molecule has 2 fully saturated rings. The smallest absolute Gasteiger partial charge is 0.310 e. The van der Waals surface area contributed by atoms with Gasteiger partial charge in [-0.15, -0.1) is 35.3 Å². The number of ether oxygens (including phenoxy) is 1. The molecule has 3 heterocycles. The van der Waals surface area contributed by atoms with E-state index in [0.717, 1.165) is 45.0 Å². The van der Waals surface area contributed by atoms with Crippen LogP contribution in [-0.2, 0) is 16.1 Å². The highest BCUT2D eigenvalue weighted by Crippen LogP contribution is 2.21. The number of piperidine rings is 2. The zero-order valence-electron chi connectivity index (χ0n) is 17.6. The molecule has 0 radical (unpaired) electrons. The summed E-state index contributed by atoms with van der Waals surface area (Å²) < 4.78 is 5.22. The highest BCUT2D eigenvalue weighted by molar-refractivity contribution is 14.0. The van der Waals surface area contributed by atoms with Crippen LogP contribution in [0.1, 0.15) is 37.5 Å². The second-order valence-corrected chi connectivity index (χ2v) is 8.82. The van der Waals surface area contributed by atoms with Crippen molar-refractivity contribution in [3.63, 3.8) is 0 Å². The fourth-order valence-electron chi connectivity index (χ4n) is 4.27. The van der Waals surface area contributed by atoms with Crippen molar-refractivity contribution in [2.45, 2.75) is 39.2 Å². The molecule has 1 aromatic rings. The van der Waals surface area contributed by atoms with E-state index in [1.54, 1.807) is 0 Å². The molecule has 164 valence electrons. The maximum Gasteiger partial charge on any atom is 0.310 e. The normalized spacial score (nSPS) is 23.4. The molecule has 0 aliphatic carbocycles. The van der Waals surface area contributed by atoms with Crippen LogP contribution in [0.15, 0.2) is 22.5 Å². The molecule has 1 N–H and O–H groups in total. The fourth-order valence-corrected chi connectivity index (χ4v) is 5.02. The Morgan fingerprint density at radius 1 is 1.31 bits per heavy atom. The van der Waals surface area contributed by atoms with Gasteiger partial charge in [0.05, 0.1) is 12.5 Å². The predicted molar refractivity (Wildman–Crippen MR) is 130 cm³/mol. The average molecular weight is 535 g/mol. The van der Waals surface area contributed by atoms with E-state index in [4.69, 9.17) is 4.74 Å². The monoisotopic (exact) mass is 534 g/mol. The van der Waals surface area contributed by atoms with Crippen LogP contribution in [0.2, 0.25) is 0 Å². The van der Waals surface area contributed by atoms with E-state index in [-0.39, 0.29) is 35.9 Å². The second-order valence-electron chi connectivity index (χ2n) is 7.79. The summed E-state index contributed by atoms with van der Waals surface area (Å²) in [6.07, 6.45) is 4.43. The van der Waals surface area contributed by atoms with Crippen LogP contribution in [0, 0.1) is 11.8 Å². The number of thiophene rings is 1. The molecule has 0 spiro atoms. The van der Waals surface area contributed by atoms with Crippen molar-refractivity contribution in [2.75, 3.05) is 46.4 Å². The molecule has 0 aromatic carbocycles. The first-order valence-electron chi connectivity index (χ1n) is 10.6. The molecule has 2 aliphatic heterocycles. The molecule has 8 heteroatoms. The van der Waals surface area contributed by atoms with Gasteiger partial charge in [-0.1, -0.05) is 6.07 Å². The lowest BCUT2D eigenvalue weighted by atomic mass is 9.97. The Morgan fingerprint density at radius 3 is 2.86 bits per heavy atom. The summed E-state index contributed by atoms with van der Waals surface area (Å²) in [5.74, 6) is 1.45. The van der Waals surface area contributed by atoms with Gasteiger partial charge in [0.25, 0.3) is 0 Å². The van der Waals surface area contributed by atoms with Crippen LogP contribution in [-0.4, -0.2) is 68.1 Å². The van der Waals surface area contributed by atoms with Gasteiger partial charge in [-0.2, -0.15) is 0 Å². The number of aliphatic imine (C=N–C) groups is 1. The van der Waals surface area contributed by atoms with Crippen molar-refractivity contribution in [1.29, 1.82) is 0 Å². The van der Waals surface area contributed by atoms with Gasteiger partial charge in [-0.25, -0.2) is 0 Å². The molecular formula is C21H35IN4O2S. The van der Waals surface area contributed by atoms with Crippen LogP contribution in [0.25, 0.3) is 0 Å². The zero-order valence-corrected chi connectivity index (χ0v) is 20.8. The van der Waals surface area contributed by atoms with Crippen molar-refractivity contribution in [2.24, 2.45) is 16.8 Å². The Hall–Kier alpha value is -0.870. The molecule has 2 unspecified atom stereocenters. The molecule has 0 saturated carbocycles. The quantitative estimate of drug-likeness (QED) is 0.263. The third-order valence-electron chi connectivity index (χ3n) is 5.66. The third-order valence-corrected chi connectivity index (χ3v) is 6.53. The summed E-state index contributed by atoms with van der Waals surface area (Å²) in [5, 5.41) is 5.74. The van der Waals surface area contributed by atoms with Gasteiger partial charge in [0.1, 0.15) is 0 Å². The Kier molecular flexibility index (Phi) is 10.7. The van der Waals surface area contributed by atoms with Crippen LogP contribution in [0.5, 0.6) is 0 Å². The summed E-state index contributed by atoms with van der Waals surface area (Å²) in [6, 6.07) is 4.36. The number of hydrogen-bond donors (Lipinski definition) is 1. The summed E-state index contributed by atoms with van der Waals surface area (Å²) in [4.78, 5) is 22.8. The minimum atomic E-state index is -0.0702. The number of carbonyl (C=O) groups is 1. The van der Waals surface area contributed by atoms with Crippen molar-refractivity contribution in [3.05, 3.63) is 22.4 Å². The summed E-state index contributed by atoms with van der Waals surface area (Å²) in [7, 11) is 1.83. The van der Waals surface area contributed by atoms with E-state index in [2.05, 4.69) is 37.6 Å². The molecule has 2 aliphatic rings. The summed E-state index contributed by atoms with van der Waals surface area (Å²) in [5.41, 5.74) is 0. The highest BCUT2D eigenvalue weighted by atomic mass is 127. The number of nitrogens with one attached hydrogen (secondary N) is 1. The molecule has 1 aromatic heterocycles. The van der Waals surface area contributed by atoms with Gasteiger partial charge in [0, 0.05) is 44.6 Å². The SMILES string of the molecule is CCOC(=O)C1CCCN(C(=NC)NCC2CCCN(Cc3cccs3)C2)C1.I. The third kappa shape index (κ3) is 7.40. The van der Waals surface area contributed by atoms with Gasteiger partial charge in [-0.3, -0.25) is 14.7 Å². The minimum absolute atomic E-state index is 0. The van der Waals surface area contributed by atoms with Gasteiger partial charge in [-0.05, 0) is 56.5 Å². The lowest BCUT2D eigenvalue weighted by Gasteiger charge is -2.36. The van der Waals surface area contributed by atoms with Gasteiger partial charge in [0.15, 0.2) is 5.96 Å². The first-order valence-corrected chi connectivity index (χ1v) is 11.4. The van der Waals surface area contributed by atoms with E-state index in [1.807, 2.05) is 25.3 Å². The average Bonchev–Trinajstić information content (AvgIpc) is 3.22. The molecule has 2 saturated heterocycles. The van der Waals surface area contributed by atoms with Crippen LogP contribution >= 0.6 is 35.3 Å². The Bertz CT molecular complexity index is 641. The summed E-state index contributed by atoms with van der Waals surface area (Å²) in [6.45, 7) is 8.30. The van der Waals surface area contributed by atoms with E-state index in [9.17, 15) is 4.79 Å². The number of esters is 1. The lowest BCUT2D eigenvalue weighted by molar-refractivity contribution is -0.149. The number of likely N-dealkylation sites (tertiary alicyclic amines) is 2. The molecule has 6 nitrogen and oxygen atoms in total. The standard InChI is InChI=1S/C21H34N4O2S.HI/c1-3-27-20(26)18-8-5-11-25(15-18)21(22-2)23-13-17-7-4-10-24(14-17)16-19-9-6-12-28-19;/h6,9,12,17-18H,3-5,7-8,10-11,13-16H2,1-2H3,(H,22,23);1H. The van der Waals surface area contributed by atoms with Crippen molar-refractivity contribution in [1.82, 2.24) is 15.1 Å². The number of halogens is 1. The minimum Gasteiger partial charge on any atom is -0.466 e. The van der Waals surface area contributed by atoms with Gasteiger partial charge >= 0.3 is 5.97 Å². The molecule has 29 heavy (non-hydrogen) atoms. The number of carbonyl (C=O) groups excluding carboxylic acids is 1. The van der Waals surface area contributed by atoms with E-state index in [0.29, 0.717) is 19.1 Å². The zero-order chi connectivity index (χ0) is 19.8. The Morgan fingerprint density at radius 2 is 2.14 bits per heavy atom. The van der Waals surface area contributed by atoms with Gasteiger partial charge < -0.3 is 15.0 Å². The van der Waals surface area contributed by atoms with Crippen molar-refractivity contribution < 1.29 is 9.53 Å². The molecule has 2 atom stereocenters. The Labute approximate surface area is 196 Å². The predicted octanol–water partition coefficient (Wildman–Crippen LogP) is 3.43. The topological polar surface area (TPSA) is 57.2 Å². The largest absolute Gasteiger partial charge is 0.466 e. The van der Waals surface area contributed by atoms with E-state index in [1.165, 1.54) is 24.3 Å². The van der Waals surface area contributed by atoms with Crippen molar-refractivity contribution >= 4 is 47.2 Å². The molecular weight excluding hydrogens is 499 g/mol. The number of nitrogens with zero attached hydrogens (tertiary/aromatic N) is 3.